The number of benzene rings is 1. The smallest absolute Gasteiger partial charge is 0.190 e. The lowest BCUT2D eigenvalue weighted by Gasteiger charge is -2.36. The maximum atomic E-state index is 13.9. The number of nitrogens with zero attached hydrogens (tertiary/aromatic N) is 3. The number of hydrogen-bond acceptors (Lipinski definition) is 6. The quantitative estimate of drug-likeness (QED) is 0.294. The monoisotopic (exact) mass is 448 g/mol. The molecular formula is C17H22F2N4O2S3. The van der Waals surface area contributed by atoms with Crippen LogP contribution in [0.3, 0.4) is 0 Å². The zero-order valence-electron chi connectivity index (χ0n) is 15.5. The molecule has 1 aromatic carbocycles. The van der Waals surface area contributed by atoms with Gasteiger partial charge in [-0.25, -0.2) is 23.1 Å². The van der Waals surface area contributed by atoms with Crippen LogP contribution in [0.1, 0.15) is 5.56 Å². The van der Waals surface area contributed by atoms with Gasteiger partial charge < -0.3 is 9.46 Å². The second-order valence-corrected chi connectivity index (χ2v) is 10.5. The van der Waals surface area contributed by atoms with Gasteiger partial charge in [-0.05, 0) is 12.3 Å². The minimum absolute atomic E-state index is 0.189. The summed E-state index contributed by atoms with van der Waals surface area (Å²) < 4.78 is 50.6. The van der Waals surface area contributed by atoms with Crippen LogP contribution >= 0.6 is 23.5 Å². The Kier molecular flexibility index (Phi) is 7.26. The van der Waals surface area contributed by atoms with E-state index in [0.29, 0.717) is 42.3 Å². The van der Waals surface area contributed by atoms with E-state index in [-0.39, 0.29) is 11.3 Å². The second kappa shape index (κ2) is 9.49. The van der Waals surface area contributed by atoms with Crippen molar-refractivity contribution in [2.24, 2.45) is 0 Å². The van der Waals surface area contributed by atoms with Crippen molar-refractivity contribution in [2.45, 2.75) is 15.9 Å². The van der Waals surface area contributed by atoms with Gasteiger partial charge >= 0.3 is 0 Å². The van der Waals surface area contributed by atoms with Crippen LogP contribution in [-0.4, -0.2) is 57.3 Å². The van der Waals surface area contributed by atoms with Crippen LogP contribution < -0.4 is 4.72 Å². The molecule has 6 nitrogen and oxygen atoms in total. The summed E-state index contributed by atoms with van der Waals surface area (Å²) in [4.78, 5) is 8.81. The fraction of sp³-hybridized carbons (Fsp3) is 0.412. The summed E-state index contributed by atoms with van der Waals surface area (Å²) in [5, 5.41) is 1.10. The summed E-state index contributed by atoms with van der Waals surface area (Å²) in [7, 11) is -2.85. The van der Waals surface area contributed by atoms with E-state index in [1.165, 1.54) is 35.7 Å². The number of halogens is 2. The number of hydrogen-bond donors (Lipinski definition) is 2. The van der Waals surface area contributed by atoms with E-state index < -0.39 is 21.9 Å². The molecule has 154 valence electrons. The van der Waals surface area contributed by atoms with E-state index in [0.717, 1.165) is 6.07 Å². The largest absolute Gasteiger partial charge is 0.379 e. The Morgan fingerprint density at radius 2 is 2.04 bits per heavy atom. The number of ether oxygens (including phenoxy) is 1. The summed E-state index contributed by atoms with van der Waals surface area (Å²) in [6.45, 7) is 2.25. The lowest BCUT2D eigenvalue weighted by molar-refractivity contribution is 0.0744. The van der Waals surface area contributed by atoms with Crippen LogP contribution in [0.4, 0.5) is 14.6 Å². The molecule has 11 heteroatoms. The predicted octanol–water partition coefficient (Wildman–Crippen LogP) is 2.99. The van der Waals surface area contributed by atoms with Crippen molar-refractivity contribution in [3.63, 3.8) is 0 Å². The maximum absolute atomic E-state index is 13.9. The first-order chi connectivity index (χ1) is 13.4. The summed E-state index contributed by atoms with van der Waals surface area (Å²) in [6.07, 6.45) is 3.54. The van der Waals surface area contributed by atoms with Gasteiger partial charge in [0, 0.05) is 47.0 Å². The third-order valence-electron chi connectivity index (χ3n) is 4.13. The Morgan fingerprint density at radius 3 is 2.75 bits per heavy atom. The molecule has 0 unspecified atom stereocenters. The zero-order valence-corrected chi connectivity index (χ0v) is 18.1. The molecule has 2 heterocycles. The average Bonchev–Trinajstić information content (AvgIpc) is 2.69. The molecule has 28 heavy (non-hydrogen) atoms. The van der Waals surface area contributed by atoms with Crippen molar-refractivity contribution in [2.75, 3.05) is 43.5 Å². The summed E-state index contributed by atoms with van der Waals surface area (Å²) in [5.41, 5.74) is 0.243. The molecule has 1 aliphatic rings. The van der Waals surface area contributed by atoms with E-state index in [1.54, 1.807) is 12.3 Å². The van der Waals surface area contributed by atoms with Crippen LogP contribution in [0.5, 0.6) is 0 Å². The van der Waals surface area contributed by atoms with Crippen molar-refractivity contribution in [3.8, 4) is 0 Å². The van der Waals surface area contributed by atoms with Gasteiger partial charge in [0.2, 0.25) is 0 Å². The average molecular weight is 449 g/mol. The summed E-state index contributed by atoms with van der Waals surface area (Å²) in [5.74, 6) is -1.11. The number of anilines is 1. The number of morpholine rings is 1. The number of rotatable bonds is 7. The lowest BCUT2D eigenvalue weighted by Crippen LogP contribution is -2.47. The van der Waals surface area contributed by atoms with Crippen LogP contribution in [0, 0.1) is 11.6 Å². The Balaban J connectivity index is 1.76. The molecule has 0 amide bonds. The van der Waals surface area contributed by atoms with Gasteiger partial charge in [-0.1, -0.05) is 23.9 Å². The first kappa shape index (κ1) is 21.4. The first-order valence-electron chi connectivity index (χ1n) is 8.57. The number of thioether (sulfide) groups is 2. The van der Waals surface area contributed by atoms with Gasteiger partial charge in [-0.3, -0.25) is 4.21 Å². The van der Waals surface area contributed by atoms with E-state index in [9.17, 15) is 13.0 Å². The molecule has 0 spiro atoms. The third-order valence-corrected chi connectivity index (χ3v) is 7.78. The molecule has 1 fully saturated rings. The minimum Gasteiger partial charge on any atom is -0.379 e. The second-order valence-electron chi connectivity index (χ2n) is 6.14. The SMILES string of the molecule is CSc1cc(N[SH](C)(=O)N2CCOCC2)nc(SCc2cccc(F)c2F)n1. The summed E-state index contributed by atoms with van der Waals surface area (Å²) in [6, 6.07) is 5.81. The molecule has 0 atom stereocenters. The Labute approximate surface area is 172 Å². The molecule has 1 aromatic heterocycles. The van der Waals surface area contributed by atoms with E-state index in [1.807, 2.05) is 10.6 Å². The predicted molar refractivity (Wildman–Crippen MR) is 111 cm³/mol. The highest BCUT2D eigenvalue weighted by Crippen LogP contribution is 2.27. The molecule has 3 rings (SSSR count). The van der Waals surface area contributed by atoms with Gasteiger partial charge in [0.15, 0.2) is 16.8 Å². The third kappa shape index (κ3) is 5.41. The molecule has 0 aliphatic carbocycles. The van der Waals surface area contributed by atoms with Crippen LogP contribution in [0.25, 0.3) is 0 Å². The number of aromatic nitrogens is 2. The normalized spacial score (nSPS) is 16.1. The van der Waals surface area contributed by atoms with Gasteiger partial charge in [0.05, 0.1) is 13.2 Å². The fourth-order valence-electron chi connectivity index (χ4n) is 2.65. The Hall–Kier alpha value is -1.27. The molecule has 1 saturated heterocycles. The standard InChI is InChI=1S/C17H22F2N4O2S3/c1-26-15-10-14(22-28(2,24)23-6-8-25-9-7-23)20-17(21-15)27-11-12-4-3-5-13(18)16(12)19/h3-5,10,28H,6-9,11H2,1-2H3,(H,20,21,22,24). The highest BCUT2D eigenvalue weighted by molar-refractivity contribution is 8.01. The number of thiol groups is 1. The fourth-order valence-corrected chi connectivity index (χ4v) is 5.56. The molecule has 2 aromatic rings. The highest BCUT2D eigenvalue weighted by Gasteiger charge is 2.22. The van der Waals surface area contributed by atoms with Gasteiger partial charge in [-0.15, -0.1) is 11.8 Å². The maximum Gasteiger partial charge on any atom is 0.190 e. The number of nitrogens with one attached hydrogen (secondary N) is 1. The molecule has 1 N–H and O–H groups in total. The van der Waals surface area contributed by atoms with E-state index in [4.69, 9.17) is 4.74 Å². The van der Waals surface area contributed by atoms with E-state index in [2.05, 4.69) is 14.7 Å². The Bertz CT molecular complexity index is 881. The van der Waals surface area contributed by atoms with Crippen molar-refractivity contribution in [1.82, 2.24) is 14.3 Å². The van der Waals surface area contributed by atoms with Gasteiger partial charge in [0.25, 0.3) is 0 Å². The van der Waals surface area contributed by atoms with Gasteiger partial charge in [-0.2, -0.15) is 0 Å². The zero-order chi connectivity index (χ0) is 20.1. The van der Waals surface area contributed by atoms with Crippen LogP contribution in [-0.2, 0) is 20.8 Å². The highest BCUT2D eigenvalue weighted by atomic mass is 32.3. The van der Waals surface area contributed by atoms with E-state index >= 15 is 0 Å². The summed E-state index contributed by atoms with van der Waals surface area (Å²) >= 11 is 2.62. The lowest BCUT2D eigenvalue weighted by atomic mass is 10.2. The topological polar surface area (TPSA) is 67.4 Å². The van der Waals surface area contributed by atoms with Crippen molar-refractivity contribution in [1.29, 1.82) is 0 Å². The molecule has 0 radical (unpaired) electrons. The van der Waals surface area contributed by atoms with Crippen LogP contribution in [0.2, 0.25) is 0 Å². The van der Waals surface area contributed by atoms with Crippen molar-refractivity contribution >= 4 is 39.6 Å². The molecule has 0 saturated carbocycles. The van der Waals surface area contributed by atoms with Crippen LogP contribution in [0.15, 0.2) is 34.4 Å². The molecule has 0 bridgehead atoms. The Morgan fingerprint density at radius 1 is 1.29 bits per heavy atom. The van der Waals surface area contributed by atoms with Crippen molar-refractivity contribution < 1.29 is 17.7 Å². The van der Waals surface area contributed by atoms with Crippen molar-refractivity contribution in [3.05, 3.63) is 41.5 Å². The minimum atomic E-state index is -2.85. The molecule has 1 aliphatic heterocycles. The van der Waals surface area contributed by atoms with Gasteiger partial charge in [0.1, 0.15) is 10.8 Å². The first-order valence-corrected chi connectivity index (χ1v) is 12.9. The molecular weight excluding hydrogens is 426 g/mol.